The number of nitrogens with zero attached hydrogens (tertiary/aromatic N) is 3. The second-order valence-corrected chi connectivity index (χ2v) is 4.76. The minimum Gasteiger partial charge on any atom is -0.296 e. The van der Waals surface area contributed by atoms with Gasteiger partial charge in [-0.1, -0.05) is 19.1 Å². The lowest BCUT2D eigenvalue weighted by molar-refractivity contribution is 0.111. The van der Waals surface area contributed by atoms with E-state index in [-0.39, 0.29) is 0 Å². The van der Waals surface area contributed by atoms with E-state index in [2.05, 4.69) is 24.2 Å². The number of aldehydes is 1. The number of aromatic nitrogens is 3. The van der Waals surface area contributed by atoms with Crippen LogP contribution in [0.3, 0.4) is 0 Å². The quantitative estimate of drug-likeness (QED) is 0.690. The van der Waals surface area contributed by atoms with Gasteiger partial charge in [0.05, 0.1) is 5.69 Å². The second kappa shape index (κ2) is 4.13. The molecule has 4 nitrogen and oxygen atoms in total. The molecule has 0 saturated heterocycles. The summed E-state index contributed by atoms with van der Waals surface area (Å²) in [5, 5.41) is 7.96. The Labute approximate surface area is 89.7 Å². The zero-order chi connectivity index (χ0) is 10.8. The van der Waals surface area contributed by atoms with Crippen LogP contribution in [-0.4, -0.2) is 21.3 Å². The van der Waals surface area contributed by atoms with Crippen molar-refractivity contribution >= 4 is 6.29 Å². The van der Waals surface area contributed by atoms with Gasteiger partial charge in [-0.3, -0.25) is 4.79 Å². The topological polar surface area (TPSA) is 47.8 Å². The molecule has 1 aromatic heterocycles. The fourth-order valence-electron chi connectivity index (χ4n) is 1.74. The monoisotopic (exact) mass is 207 g/mol. The van der Waals surface area contributed by atoms with Gasteiger partial charge in [0.1, 0.15) is 5.69 Å². The maximum atomic E-state index is 10.8. The summed E-state index contributed by atoms with van der Waals surface area (Å²) < 4.78 is 1.90. The normalized spacial score (nSPS) is 15.9. The predicted molar refractivity (Wildman–Crippen MR) is 56.7 cm³/mol. The summed E-state index contributed by atoms with van der Waals surface area (Å²) in [7, 11) is 0. The van der Waals surface area contributed by atoms with E-state index in [0.29, 0.717) is 11.6 Å². The van der Waals surface area contributed by atoms with Gasteiger partial charge in [0.15, 0.2) is 6.29 Å². The van der Waals surface area contributed by atoms with Crippen molar-refractivity contribution in [3.8, 4) is 0 Å². The fourth-order valence-corrected chi connectivity index (χ4v) is 1.74. The Morgan fingerprint density at radius 1 is 1.53 bits per heavy atom. The predicted octanol–water partition coefficient (Wildman–Crippen LogP) is 1.70. The molecule has 1 aliphatic rings. The Kier molecular flexibility index (Phi) is 2.84. The molecular weight excluding hydrogens is 190 g/mol. The van der Waals surface area contributed by atoms with Crippen molar-refractivity contribution in [1.82, 2.24) is 15.0 Å². The van der Waals surface area contributed by atoms with E-state index in [1.165, 1.54) is 12.8 Å². The zero-order valence-electron chi connectivity index (χ0n) is 9.31. The van der Waals surface area contributed by atoms with Crippen molar-refractivity contribution in [1.29, 1.82) is 0 Å². The minimum absolute atomic E-state index is 0.530. The van der Waals surface area contributed by atoms with Crippen LogP contribution in [0.4, 0.5) is 0 Å². The van der Waals surface area contributed by atoms with Crippen molar-refractivity contribution in [2.24, 2.45) is 11.8 Å². The molecule has 4 heteroatoms. The van der Waals surface area contributed by atoms with Crippen molar-refractivity contribution in [3.63, 3.8) is 0 Å². The minimum atomic E-state index is 0.530. The van der Waals surface area contributed by atoms with Gasteiger partial charge in [0.2, 0.25) is 0 Å². The molecule has 1 heterocycles. The average molecular weight is 207 g/mol. The summed E-state index contributed by atoms with van der Waals surface area (Å²) in [6.07, 6.45) is 4.35. The molecule has 2 rings (SSSR count). The van der Waals surface area contributed by atoms with Crippen LogP contribution >= 0.6 is 0 Å². The summed E-state index contributed by atoms with van der Waals surface area (Å²) in [4.78, 5) is 10.8. The van der Waals surface area contributed by atoms with Crippen LogP contribution < -0.4 is 0 Å². The lowest BCUT2D eigenvalue weighted by Gasteiger charge is -2.08. The number of rotatable bonds is 5. The van der Waals surface area contributed by atoms with E-state index in [1.54, 1.807) is 0 Å². The van der Waals surface area contributed by atoms with E-state index in [0.717, 1.165) is 30.9 Å². The van der Waals surface area contributed by atoms with Crippen molar-refractivity contribution < 1.29 is 4.79 Å². The Morgan fingerprint density at radius 2 is 2.27 bits per heavy atom. The first-order valence-corrected chi connectivity index (χ1v) is 5.58. The molecule has 0 atom stereocenters. The van der Waals surface area contributed by atoms with Crippen molar-refractivity contribution in [2.75, 3.05) is 0 Å². The van der Waals surface area contributed by atoms with Gasteiger partial charge < -0.3 is 0 Å². The second-order valence-electron chi connectivity index (χ2n) is 4.76. The van der Waals surface area contributed by atoms with Crippen molar-refractivity contribution in [3.05, 3.63) is 11.4 Å². The van der Waals surface area contributed by atoms with Gasteiger partial charge >= 0.3 is 0 Å². The maximum Gasteiger partial charge on any atom is 0.172 e. The van der Waals surface area contributed by atoms with Crippen LogP contribution in [0.5, 0.6) is 0 Å². The first-order valence-electron chi connectivity index (χ1n) is 5.58. The summed E-state index contributed by atoms with van der Waals surface area (Å²) >= 11 is 0. The highest BCUT2D eigenvalue weighted by Crippen LogP contribution is 2.33. The molecule has 0 amide bonds. The molecule has 0 aromatic carbocycles. The molecule has 0 spiro atoms. The Bertz CT molecular complexity index is 353. The van der Waals surface area contributed by atoms with Crippen LogP contribution in [0.25, 0.3) is 0 Å². The molecule has 15 heavy (non-hydrogen) atoms. The third-order valence-corrected chi connectivity index (χ3v) is 2.70. The molecule has 0 radical (unpaired) electrons. The molecule has 1 fully saturated rings. The molecule has 82 valence electrons. The summed E-state index contributed by atoms with van der Waals surface area (Å²) in [6.45, 7) is 5.13. The van der Waals surface area contributed by atoms with Gasteiger partial charge in [-0.2, -0.15) is 0 Å². The average Bonchev–Trinajstić information content (AvgIpc) is 2.91. The lowest BCUT2D eigenvalue weighted by atomic mass is 10.1. The number of hydrogen-bond donors (Lipinski definition) is 0. The summed E-state index contributed by atoms with van der Waals surface area (Å²) in [5.74, 6) is 1.29. The Hall–Kier alpha value is -1.19. The first kappa shape index (κ1) is 10.3. The summed E-state index contributed by atoms with van der Waals surface area (Å²) in [6, 6.07) is 0. The summed E-state index contributed by atoms with van der Waals surface area (Å²) in [5.41, 5.74) is 1.56. The van der Waals surface area contributed by atoms with Crippen LogP contribution in [0.2, 0.25) is 0 Å². The van der Waals surface area contributed by atoms with Gasteiger partial charge in [-0.15, -0.1) is 5.10 Å². The van der Waals surface area contributed by atoms with E-state index in [4.69, 9.17) is 0 Å². The molecule has 1 aromatic rings. The third kappa shape index (κ3) is 2.43. The van der Waals surface area contributed by atoms with E-state index >= 15 is 0 Å². The Balaban J connectivity index is 2.19. The van der Waals surface area contributed by atoms with Gasteiger partial charge in [-0.05, 0) is 31.1 Å². The molecule has 0 aliphatic heterocycles. The zero-order valence-corrected chi connectivity index (χ0v) is 9.31. The van der Waals surface area contributed by atoms with Gasteiger partial charge in [-0.25, -0.2) is 4.68 Å². The molecule has 0 bridgehead atoms. The molecular formula is C11H17N3O. The maximum absolute atomic E-state index is 10.8. The van der Waals surface area contributed by atoms with E-state index < -0.39 is 0 Å². The Morgan fingerprint density at radius 3 is 2.80 bits per heavy atom. The van der Waals surface area contributed by atoms with Crippen molar-refractivity contribution in [2.45, 2.75) is 39.7 Å². The highest BCUT2D eigenvalue weighted by molar-refractivity contribution is 5.73. The number of carbonyl (C=O) groups excluding carboxylic acids is 1. The molecule has 1 aliphatic carbocycles. The lowest BCUT2D eigenvalue weighted by Crippen LogP contribution is -2.11. The highest BCUT2D eigenvalue weighted by Gasteiger charge is 2.25. The van der Waals surface area contributed by atoms with Crippen LogP contribution in [0, 0.1) is 11.8 Å². The van der Waals surface area contributed by atoms with Crippen LogP contribution in [0.1, 0.15) is 42.9 Å². The first-order chi connectivity index (χ1) is 7.20. The highest BCUT2D eigenvalue weighted by atomic mass is 16.1. The fraction of sp³-hybridized carbons (Fsp3) is 0.727. The van der Waals surface area contributed by atoms with Gasteiger partial charge in [0.25, 0.3) is 0 Å². The van der Waals surface area contributed by atoms with E-state index in [9.17, 15) is 4.79 Å². The van der Waals surface area contributed by atoms with Crippen LogP contribution in [0.15, 0.2) is 0 Å². The molecule has 0 unspecified atom stereocenters. The molecule has 1 saturated carbocycles. The SMILES string of the molecule is CC(C)Cn1nnc(C=O)c1CC1CC1. The standard InChI is InChI=1S/C11H17N3O/c1-8(2)6-14-11(5-9-3-4-9)10(7-15)12-13-14/h7-9H,3-6H2,1-2H3. The number of carbonyl (C=O) groups is 1. The van der Waals surface area contributed by atoms with E-state index in [1.807, 2.05) is 4.68 Å². The third-order valence-electron chi connectivity index (χ3n) is 2.70. The largest absolute Gasteiger partial charge is 0.296 e. The number of hydrogen-bond acceptors (Lipinski definition) is 3. The smallest absolute Gasteiger partial charge is 0.172 e. The van der Waals surface area contributed by atoms with Crippen LogP contribution in [-0.2, 0) is 13.0 Å². The van der Waals surface area contributed by atoms with Gasteiger partial charge in [0, 0.05) is 6.54 Å². The molecule has 0 N–H and O–H groups in total.